The average molecular weight is 283 g/mol. The molecule has 1 heterocycles. The molecule has 0 unspecified atom stereocenters. The highest BCUT2D eigenvalue weighted by Gasteiger charge is 2.05. The number of nitrogens with zero attached hydrogens (tertiary/aromatic N) is 2. The van der Waals surface area contributed by atoms with Crippen LogP contribution >= 0.6 is 11.8 Å². The fraction of sp³-hybridized carbons (Fsp3) is 0.0667. The summed E-state index contributed by atoms with van der Waals surface area (Å²) < 4.78 is 13.1. The van der Waals surface area contributed by atoms with Gasteiger partial charge in [0, 0.05) is 5.75 Å². The molecular formula is C15H10FN3S. The van der Waals surface area contributed by atoms with Crippen molar-refractivity contribution in [1.29, 1.82) is 5.26 Å². The van der Waals surface area contributed by atoms with Crippen molar-refractivity contribution in [2.24, 2.45) is 0 Å². The first-order chi connectivity index (χ1) is 9.74. The summed E-state index contributed by atoms with van der Waals surface area (Å²) in [5.41, 5.74) is 3.15. The second-order valence-electron chi connectivity index (χ2n) is 4.30. The summed E-state index contributed by atoms with van der Waals surface area (Å²) in [7, 11) is 0. The van der Waals surface area contributed by atoms with E-state index >= 15 is 0 Å². The van der Waals surface area contributed by atoms with Gasteiger partial charge < -0.3 is 4.98 Å². The molecule has 0 bridgehead atoms. The Hall–Kier alpha value is -2.32. The first kappa shape index (κ1) is 12.7. The van der Waals surface area contributed by atoms with Gasteiger partial charge in [0.05, 0.1) is 22.7 Å². The Bertz CT molecular complexity index is 804. The van der Waals surface area contributed by atoms with Gasteiger partial charge in [-0.15, -0.1) is 0 Å². The molecule has 0 aliphatic carbocycles. The Morgan fingerprint density at radius 3 is 3.00 bits per heavy atom. The fourth-order valence-electron chi connectivity index (χ4n) is 1.91. The van der Waals surface area contributed by atoms with Crippen molar-refractivity contribution in [2.45, 2.75) is 10.9 Å². The molecule has 0 saturated carbocycles. The lowest BCUT2D eigenvalue weighted by Gasteiger charge is -1.99. The molecule has 3 aromatic rings. The van der Waals surface area contributed by atoms with Crippen LogP contribution in [0.1, 0.15) is 11.1 Å². The van der Waals surface area contributed by atoms with E-state index in [1.165, 1.54) is 23.9 Å². The maximum atomic E-state index is 13.1. The van der Waals surface area contributed by atoms with Crippen LogP contribution in [0, 0.1) is 17.1 Å². The predicted molar refractivity (Wildman–Crippen MR) is 76.8 cm³/mol. The molecule has 0 atom stereocenters. The molecule has 3 nitrogen and oxygen atoms in total. The minimum atomic E-state index is -0.278. The zero-order chi connectivity index (χ0) is 13.9. The van der Waals surface area contributed by atoms with Crippen LogP contribution in [-0.2, 0) is 5.75 Å². The lowest BCUT2D eigenvalue weighted by molar-refractivity contribution is 0.629. The number of rotatable bonds is 3. The quantitative estimate of drug-likeness (QED) is 0.742. The number of hydrogen-bond acceptors (Lipinski definition) is 3. The van der Waals surface area contributed by atoms with E-state index in [1.54, 1.807) is 12.1 Å². The molecule has 1 N–H and O–H groups in total. The molecule has 0 amide bonds. The third-order valence-corrected chi connectivity index (χ3v) is 3.80. The number of fused-ring (bicyclic) bond motifs is 1. The first-order valence-corrected chi connectivity index (χ1v) is 7.00. The summed E-state index contributed by atoms with van der Waals surface area (Å²) in [6.45, 7) is 0. The molecule has 98 valence electrons. The van der Waals surface area contributed by atoms with Gasteiger partial charge in [0.15, 0.2) is 5.16 Å². The number of halogens is 1. The lowest BCUT2D eigenvalue weighted by atomic mass is 10.2. The minimum Gasteiger partial charge on any atom is -0.333 e. The molecule has 3 rings (SSSR count). The van der Waals surface area contributed by atoms with Crippen LogP contribution in [0.4, 0.5) is 4.39 Å². The van der Waals surface area contributed by atoms with Crippen LogP contribution in [0.5, 0.6) is 0 Å². The van der Waals surface area contributed by atoms with Crippen molar-refractivity contribution < 1.29 is 4.39 Å². The number of nitrogens with one attached hydrogen (secondary N) is 1. The van der Waals surface area contributed by atoms with E-state index in [0.29, 0.717) is 16.8 Å². The molecule has 1 aromatic heterocycles. The number of benzene rings is 2. The number of aromatic amines is 1. The zero-order valence-corrected chi connectivity index (χ0v) is 11.2. The van der Waals surface area contributed by atoms with Crippen LogP contribution in [0.3, 0.4) is 0 Å². The number of H-pyrrole nitrogens is 1. The van der Waals surface area contributed by atoms with E-state index in [4.69, 9.17) is 5.26 Å². The fourth-order valence-corrected chi connectivity index (χ4v) is 2.74. The van der Waals surface area contributed by atoms with Crippen LogP contribution < -0.4 is 0 Å². The molecule has 0 aliphatic rings. The maximum absolute atomic E-state index is 13.1. The summed E-state index contributed by atoms with van der Waals surface area (Å²) in [4.78, 5) is 7.47. The number of nitriles is 1. The van der Waals surface area contributed by atoms with Crippen molar-refractivity contribution in [2.75, 3.05) is 0 Å². The molecule has 0 aliphatic heterocycles. The number of thioether (sulfide) groups is 1. The van der Waals surface area contributed by atoms with Crippen LogP contribution in [0.2, 0.25) is 0 Å². The van der Waals surface area contributed by atoms with Gasteiger partial charge in [-0.2, -0.15) is 5.26 Å². The van der Waals surface area contributed by atoms with E-state index in [0.717, 1.165) is 16.2 Å². The largest absolute Gasteiger partial charge is 0.333 e. The summed E-state index contributed by atoms with van der Waals surface area (Å²) in [6, 6.07) is 14.1. The lowest BCUT2D eigenvalue weighted by Crippen LogP contribution is -1.83. The second kappa shape index (κ2) is 5.35. The van der Waals surface area contributed by atoms with E-state index in [1.807, 2.05) is 18.2 Å². The highest BCUT2D eigenvalue weighted by molar-refractivity contribution is 7.98. The van der Waals surface area contributed by atoms with Gasteiger partial charge in [0.2, 0.25) is 0 Å². The highest BCUT2D eigenvalue weighted by Crippen LogP contribution is 2.23. The molecule has 0 radical (unpaired) electrons. The Morgan fingerprint density at radius 1 is 1.25 bits per heavy atom. The van der Waals surface area contributed by atoms with Crippen molar-refractivity contribution in [1.82, 2.24) is 9.97 Å². The highest BCUT2D eigenvalue weighted by atomic mass is 32.2. The van der Waals surface area contributed by atoms with Crippen molar-refractivity contribution in [3.05, 3.63) is 59.4 Å². The Labute approximate surface area is 119 Å². The standard InChI is InChI=1S/C15H10FN3S/c16-12-4-5-13-14(7-12)19-15(18-13)20-9-11-3-1-2-10(6-11)8-17/h1-7H,9H2,(H,18,19). The molecule has 20 heavy (non-hydrogen) atoms. The summed E-state index contributed by atoms with van der Waals surface area (Å²) >= 11 is 1.53. The van der Waals surface area contributed by atoms with Gasteiger partial charge in [-0.1, -0.05) is 23.9 Å². The third kappa shape index (κ3) is 2.65. The molecule has 5 heteroatoms. The van der Waals surface area contributed by atoms with Gasteiger partial charge in [-0.25, -0.2) is 9.37 Å². The second-order valence-corrected chi connectivity index (χ2v) is 5.27. The van der Waals surface area contributed by atoms with Crippen LogP contribution in [0.25, 0.3) is 11.0 Å². The van der Waals surface area contributed by atoms with Gasteiger partial charge in [0.25, 0.3) is 0 Å². The smallest absolute Gasteiger partial charge is 0.166 e. The van der Waals surface area contributed by atoms with Crippen LogP contribution in [-0.4, -0.2) is 9.97 Å². The van der Waals surface area contributed by atoms with Gasteiger partial charge in [-0.05, 0) is 35.9 Å². The first-order valence-electron chi connectivity index (χ1n) is 6.02. The minimum absolute atomic E-state index is 0.278. The van der Waals surface area contributed by atoms with E-state index in [-0.39, 0.29) is 5.82 Å². The summed E-state index contributed by atoms with van der Waals surface area (Å²) in [5, 5.41) is 9.60. The molecular weight excluding hydrogens is 273 g/mol. The topological polar surface area (TPSA) is 52.5 Å². The Kier molecular flexibility index (Phi) is 3.40. The van der Waals surface area contributed by atoms with Crippen molar-refractivity contribution in [3.8, 4) is 6.07 Å². The number of hydrogen-bond donors (Lipinski definition) is 1. The SMILES string of the molecule is N#Cc1cccc(CSc2nc3ccc(F)cc3[nH]2)c1. The summed E-state index contributed by atoms with van der Waals surface area (Å²) in [5.74, 6) is 0.428. The molecule has 2 aromatic carbocycles. The maximum Gasteiger partial charge on any atom is 0.166 e. The average Bonchev–Trinajstić information content (AvgIpc) is 2.87. The number of aromatic nitrogens is 2. The molecule has 0 saturated heterocycles. The number of imidazole rings is 1. The zero-order valence-electron chi connectivity index (χ0n) is 10.4. The third-order valence-electron chi connectivity index (χ3n) is 2.85. The van der Waals surface area contributed by atoms with Gasteiger partial charge in [0.1, 0.15) is 5.82 Å². The Morgan fingerprint density at radius 2 is 2.15 bits per heavy atom. The van der Waals surface area contributed by atoms with E-state index < -0.39 is 0 Å². The Balaban J connectivity index is 1.78. The van der Waals surface area contributed by atoms with Gasteiger partial charge >= 0.3 is 0 Å². The van der Waals surface area contributed by atoms with Crippen LogP contribution in [0.15, 0.2) is 47.6 Å². The van der Waals surface area contributed by atoms with Crippen molar-refractivity contribution in [3.63, 3.8) is 0 Å². The monoisotopic (exact) mass is 283 g/mol. The van der Waals surface area contributed by atoms with Crippen molar-refractivity contribution >= 4 is 22.8 Å². The summed E-state index contributed by atoms with van der Waals surface area (Å²) in [6.07, 6.45) is 0. The molecule has 0 spiro atoms. The van der Waals surface area contributed by atoms with E-state index in [9.17, 15) is 4.39 Å². The van der Waals surface area contributed by atoms with Gasteiger partial charge in [-0.3, -0.25) is 0 Å². The predicted octanol–water partition coefficient (Wildman–Crippen LogP) is 3.87. The normalized spacial score (nSPS) is 10.6. The molecule has 0 fully saturated rings. The van der Waals surface area contributed by atoms with E-state index in [2.05, 4.69) is 16.0 Å².